The fourth-order valence-electron chi connectivity index (χ4n) is 1.66. The minimum Gasteiger partial charge on any atom is -0.378 e. The van der Waals surface area contributed by atoms with Crippen LogP contribution < -0.4 is 5.32 Å². The molecule has 2 rings (SSSR count). The Bertz CT molecular complexity index is 637. The molecular weight excluding hydrogens is 365 g/mol. The van der Waals surface area contributed by atoms with Gasteiger partial charge in [0.2, 0.25) is 0 Å². The van der Waals surface area contributed by atoms with Crippen molar-refractivity contribution < 1.29 is 4.74 Å². The van der Waals surface area contributed by atoms with Crippen molar-refractivity contribution in [2.75, 3.05) is 19.5 Å². The number of methoxy groups -OCH3 is 1. The smallest absolute Gasteiger partial charge is 0.161 e. The molecule has 1 aromatic carbocycles. The van der Waals surface area contributed by atoms with Crippen LogP contribution in [0.25, 0.3) is 11.4 Å². The van der Waals surface area contributed by atoms with E-state index in [1.807, 2.05) is 6.07 Å². The number of hydrogen-bond donors (Lipinski definition) is 1. The van der Waals surface area contributed by atoms with Gasteiger partial charge >= 0.3 is 0 Å². The van der Waals surface area contributed by atoms with E-state index in [0.29, 0.717) is 28.3 Å². The molecule has 2 aromatic rings. The van der Waals surface area contributed by atoms with Crippen molar-refractivity contribution in [2.24, 2.45) is 0 Å². The number of rotatable bonds is 4. The first-order valence-corrected chi connectivity index (χ1v) is 7.30. The summed E-state index contributed by atoms with van der Waals surface area (Å²) < 4.78 is 5.93. The molecule has 0 atom stereocenters. The van der Waals surface area contributed by atoms with Crippen molar-refractivity contribution in [3.63, 3.8) is 0 Å². The standard InChI is InChI=1S/C13H12BrCl2N3O/c1-17-13-11(14)10(6-20-2)18-12(19-13)7-3-4-8(15)9(16)5-7/h3-5H,6H2,1-2H3,(H,17,18,19). The van der Waals surface area contributed by atoms with Gasteiger partial charge in [-0.2, -0.15) is 0 Å². The molecule has 0 saturated heterocycles. The summed E-state index contributed by atoms with van der Waals surface area (Å²) in [6.07, 6.45) is 0. The number of benzene rings is 1. The van der Waals surface area contributed by atoms with E-state index in [4.69, 9.17) is 27.9 Å². The molecule has 0 aliphatic carbocycles. The van der Waals surface area contributed by atoms with Gasteiger partial charge in [-0.15, -0.1) is 0 Å². The van der Waals surface area contributed by atoms with Crippen LogP contribution in [0.1, 0.15) is 5.69 Å². The summed E-state index contributed by atoms with van der Waals surface area (Å²) in [5.74, 6) is 1.25. The molecule has 1 aromatic heterocycles. The van der Waals surface area contributed by atoms with Crippen LogP contribution in [0.2, 0.25) is 10.0 Å². The Morgan fingerprint density at radius 3 is 2.60 bits per heavy atom. The fraction of sp³-hybridized carbons (Fsp3) is 0.231. The van der Waals surface area contributed by atoms with Gasteiger partial charge in [-0.3, -0.25) is 0 Å². The summed E-state index contributed by atoms with van der Waals surface area (Å²) in [5, 5.41) is 3.98. The number of nitrogens with one attached hydrogen (secondary N) is 1. The molecule has 106 valence electrons. The van der Waals surface area contributed by atoms with Crippen molar-refractivity contribution in [3.05, 3.63) is 38.4 Å². The van der Waals surface area contributed by atoms with Crippen LogP contribution in [0, 0.1) is 0 Å². The Morgan fingerprint density at radius 2 is 2.00 bits per heavy atom. The zero-order valence-electron chi connectivity index (χ0n) is 10.9. The van der Waals surface area contributed by atoms with Gasteiger partial charge in [0.15, 0.2) is 5.82 Å². The lowest BCUT2D eigenvalue weighted by atomic mass is 10.2. The average Bonchev–Trinajstić information content (AvgIpc) is 2.44. The van der Waals surface area contributed by atoms with Crippen molar-refractivity contribution in [1.29, 1.82) is 0 Å². The lowest BCUT2D eigenvalue weighted by molar-refractivity contribution is 0.181. The predicted octanol–water partition coefficient (Wildman–Crippen LogP) is 4.40. The second-order valence-electron chi connectivity index (χ2n) is 3.97. The number of hydrogen-bond acceptors (Lipinski definition) is 4. The molecule has 0 aliphatic rings. The van der Waals surface area contributed by atoms with Crippen LogP contribution in [0.5, 0.6) is 0 Å². The van der Waals surface area contributed by atoms with Crippen LogP contribution >= 0.6 is 39.1 Å². The van der Waals surface area contributed by atoms with Crippen molar-refractivity contribution >= 4 is 44.9 Å². The quantitative estimate of drug-likeness (QED) is 0.858. The third-order valence-electron chi connectivity index (χ3n) is 2.62. The normalized spacial score (nSPS) is 10.7. The second-order valence-corrected chi connectivity index (χ2v) is 5.58. The van der Waals surface area contributed by atoms with Crippen LogP contribution in [0.4, 0.5) is 5.82 Å². The molecule has 7 heteroatoms. The zero-order valence-corrected chi connectivity index (χ0v) is 14.0. The topological polar surface area (TPSA) is 47.0 Å². The molecule has 1 heterocycles. The summed E-state index contributed by atoms with van der Waals surface area (Å²) in [4.78, 5) is 8.94. The number of halogens is 3. The first-order valence-electron chi connectivity index (χ1n) is 5.75. The van der Waals surface area contributed by atoms with Gasteiger partial charge in [0.05, 0.1) is 26.8 Å². The predicted molar refractivity (Wildman–Crippen MR) is 85.4 cm³/mol. The van der Waals surface area contributed by atoms with Crippen LogP contribution in [-0.2, 0) is 11.3 Å². The first-order chi connectivity index (χ1) is 9.56. The lowest BCUT2D eigenvalue weighted by Crippen LogP contribution is -2.04. The number of anilines is 1. The Hall–Kier alpha value is -0.880. The molecule has 0 aliphatic heterocycles. The van der Waals surface area contributed by atoms with E-state index in [-0.39, 0.29) is 0 Å². The Kier molecular flexibility index (Phi) is 5.21. The molecular formula is C13H12BrCl2N3O. The summed E-state index contributed by atoms with van der Waals surface area (Å²) in [5.41, 5.74) is 1.55. The summed E-state index contributed by atoms with van der Waals surface area (Å²) >= 11 is 15.4. The van der Waals surface area contributed by atoms with E-state index < -0.39 is 0 Å². The van der Waals surface area contributed by atoms with Crippen molar-refractivity contribution in [1.82, 2.24) is 9.97 Å². The van der Waals surface area contributed by atoms with E-state index in [1.165, 1.54) is 0 Å². The van der Waals surface area contributed by atoms with Crippen LogP contribution in [0.15, 0.2) is 22.7 Å². The van der Waals surface area contributed by atoms with E-state index in [2.05, 4.69) is 31.2 Å². The van der Waals surface area contributed by atoms with Crippen LogP contribution in [-0.4, -0.2) is 24.1 Å². The van der Waals surface area contributed by atoms with Crippen LogP contribution in [0.3, 0.4) is 0 Å². The second kappa shape index (κ2) is 6.72. The molecule has 4 nitrogen and oxygen atoms in total. The van der Waals surface area contributed by atoms with Gasteiger partial charge in [0.1, 0.15) is 5.82 Å². The maximum Gasteiger partial charge on any atom is 0.161 e. The van der Waals surface area contributed by atoms with E-state index in [1.54, 1.807) is 26.3 Å². The van der Waals surface area contributed by atoms with Crippen molar-refractivity contribution in [2.45, 2.75) is 6.61 Å². The molecule has 0 amide bonds. The maximum atomic E-state index is 6.03. The highest BCUT2D eigenvalue weighted by atomic mass is 79.9. The largest absolute Gasteiger partial charge is 0.378 e. The molecule has 0 fully saturated rings. The highest BCUT2D eigenvalue weighted by Crippen LogP contribution is 2.30. The van der Waals surface area contributed by atoms with Gasteiger partial charge in [0, 0.05) is 19.7 Å². The third kappa shape index (κ3) is 3.23. The maximum absolute atomic E-state index is 6.03. The SMILES string of the molecule is CNc1nc(-c2ccc(Cl)c(Cl)c2)nc(COC)c1Br. The number of ether oxygens (including phenoxy) is 1. The minimum atomic E-state index is 0.381. The monoisotopic (exact) mass is 375 g/mol. The molecule has 1 N–H and O–H groups in total. The molecule has 0 spiro atoms. The Labute approximate surface area is 135 Å². The van der Waals surface area contributed by atoms with Gasteiger partial charge in [-0.25, -0.2) is 9.97 Å². The Balaban J connectivity index is 2.55. The highest BCUT2D eigenvalue weighted by molar-refractivity contribution is 9.10. The van der Waals surface area contributed by atoms with Gasteiger partial charge < -0.3 is 10.1 Å². The average molecular weight is 377 g/mol. The number of aromatic nitrogens is 2. The van der Waals surface area contributed by atoms with E-state index in [9.17, 15) is 0 Å². The fourth-order valence-corrected chi connectivity index (χ4v) is 2.44. The molecule has 0 unspecified atom stereocenters. The zero-order chi connectivity index (χ0) is 14.7. The highest BCUT2D eigenvalue weighted by Gasteiger charge is 2.13. The van der Waals surface area contributed by atoms with Gasteiger partial charge in [-0.1, -0.05) is 23.2 Å². The molecule has 0 bridgehead atoms. The first kappa shape index (κ1) is 15.5. The summed E-state index contributed by atoms with van der Waals surface area (Å²) in [6, 6.07) is 5.29. The van der Waals surface area contributed by atoms with Gasteiger partial charge in [0.25, 0.3) is 0 Å². The summed E-state index contributed by atoms with van der Waals surface area (Å²) in [7, 11) is 3.41. The lowest BCUT2D eigenvalue weighted by Gasteiger charge is -2.11. The molecule has 0 saturated carbocycles. The van der Waals surface area contributed by atoms with E-state index >= 15 is 0 Å². The minimum absolute atomic E-state index is 0.381. The van der Waals surface area contributed by atoms with E-state index in [0.717, 1.165) is 15.7 Å². The summed E-state index contributed by atoms with van der Waals surface area (Å²) in [6.45, 7) is 0.381. The molecule has 0 radical (unpaired) electrons. The Morgan fingerprint density at radius 1 is 1.25 bits per heavy atom. The molecule has 20 heavy (non-hydrogen) atoms. The third-order valence-corrected chi connectivity index (χ3v) is 4.19. The van der Waals surface area contributed by atoms with Gasteiger partial charge in [-0.05, 0) is 34.1 Å². The number of nitrogens with zero attached hydrogens (tertiary/aromatic N) is 2. The van der Waals surface area contributed by atoms with Crippen molar-refractivity contribution in [3.8, 4) is 11.4 Å².